The first kappa shape index (κ1) is 39.8. The molecule has 1 N–H and O–H groups in total. The summed E-state index contributed by atoms with van der Waals surface area (Å²) in [6.07, 6.45) is 13.4. The molecule has 0 saturated carbocycles. The molecule has 6 heteroatoms. The van der Waals surface area contributed by atoms with Crippen molar-refractivity contribution in [1.29, 1.82) is 0 Å². The predicted octanol–water partition coefficient (Wildman–Crippen LogP) is 11.9. The van der Waals surface area contributed by atoms with E-state index in [0.717, 1.165) is 76.4 Å². The van der Waals surface area contributed by atoms with Crippen molar-refractivity contribution >= 4 is 27.5 Å². The van der Waals surface area contributed by atoms with Crippen LogP contribution in [-0.2, 0) is 36.7 Å². The van der Waals surface area contributed by atoms with E-state index in [-0.39, 0.29) is 48.9 Å². The second-order valence-corrected chi connectivity index (χ2v) is 14.2. The fraction of sp³-hybridized carbons (Fsp3) is 0.419. The molecule has 5 nitrogen and oxygen atoms in total. The Hall–Kier alpha value is -3.60. The number of aliphatic hydroxyl groups excluding tert-OH is 1. The van der Waals surface area contributed by atoms with E-state index in [0.29, 0.717) is 5.92 Å². The third-order valence-corrected chi connectivity index (χ3v) is 9.20. The number of carbonyl (C=O) groups is 1. The van der Waals surface area contributed by atoms with Gasteiger partial charge < -0.3 is 9.52 Å². The maximum absolute atomic E-state index is 11.7. The number of nitrogens with zero attached hydrogens (tertiary/aromatic N) is 2. The first-order chi connectivity index (χ1) is 22.9. The molecule has 0 amide bonds. The zero-order valence-corrected chi connectivity index (χ0v) is 33.1. The Morgan fingerprint density at radius 1 is 0.939 bits per heavy atom. The monoisotopic (exact) mass is 838 g/mol. The summed E-state index contributed by atoms with van der Waals surface area (Å²) in [6.45, 7) is 19.3. The molecule has 0 atom stereocenters. The summed E-state index contributed by atoms with van der Waals surface area (Å²) >= 11 is 0. The van der Waals surface area contributed by atoms with Crippen LogP contribution in [0.1, 0.15) is 99.1 Å². The Kier molecular flexibility index (Phi) is 14.5. The molecule has 0 aliphatic rings. The van der Waals surface area contributed by atoms with Crippen LogP contribution in [0.3, 0.4) is 0 Å². The second kappa shape index (κ2) is 17.9. The molecule has 5 aromatic rings. The van der Waals surface area contributed by atoms with Crippen molar-refractivity contribution in [3.05, 3.63) is 96.3 Å². The van der Waals surface area contributed by atoms with Gasteiger partial charge in [0, 0.05) is 78.8 Å². The summed E-state index contributed by atoms with van der Waals surface area (Å²) in [5.41, 5.74) is 7.43. The van der Waals surface area contributed by atoms with Crippen LogP contribution >= 0.6 is 0 Å². The standard InChI is InChI=1S/C30H29N2O.C13H24O2.Ir/c1-19(2)12-23-16-31-17-25-26(18-33-29(23)25)21-10-11-32-28(15-21)22-13-20-8-6-7-9-24(20)27(14-22)30(3,4)5;1-5-10(6-2)12(14)9-13(15)11(7-3)8-4;/h6-11,14-19H,12H2,1-5H3;9-11,14H,5-8H2,1-4H3;/q-1;;/b;12-9-;. The van der Waals surface area contributed by atoms with Crippen molar-refractivity contribution in [2.75, 3.05) is 0 Å². The second-order valence-electron chi connectivity index (χ2n) is 14.2. The molecule has 263 valence electrons. The summed E-state index contributed by atoms with van der Waals surface area (Å²) in [6, 6.07) is 18.5. The van der Waals surface area contributed by atoms with Crippen molar-refractivity contribution in [1.82, 2.24) is 9.97 Å². The van der Waals surface area contributed by atoms with Crippen molar-refractivity contribution in [2.45, 2.75) is 99.8 Å². The normalized spacial score (nSPS) is 12.0. The third kappa shape index (κ3) is 9.77. The van der Waals surface area contributed by atoms with Crippen LogP contribution in [0.2, 0.25) is 0 Å². The van der Waals surface area contributed by atoms with E-state index in [2.05, 4.69) is 82.1 Å². The number of rotatable bonds is 11. The van der Waals surface area contributed by atoms with Crippen molar-refractivity contribution in [2.24, 2.45) is 17.8 Å². The molecule has 2 aromatic carbocycles. The van der Waals surface area contributed by atoms with Gasteiger partial charge in [-0.2, -0.15) is 0 Å². The Morgan fingerprint density at radius 2 is 1.61 bits per heavy atom. The van der Waals surface area contributed by atoms with E-state index in [1.807, 2.05) is 58.6 Å². The molecule has 3 heterocycles. The van der Waals surface area contributed by atoms with Gasteiger partial charge in [-0.3, -0.25) is 14.8 Å². The topological polar surface area (TPSA) is 76.2 Å². The molecule has 0 spiro atoms. The number of aliphatic hydroxyl groups is 1. The van der Waals surface area contributed by atoms with Crippen LogP contribution in [0.5, 0.6) is 0 Å². The number of aromatic nitrogens is 2. The zero-order valence-electron chi connectivity index (χ0n) is 30.7. The quantitative estimate of drug-likeness (QED) is 0.0815. The van der Waals surface area contributed by atoms with E-state index in [1.165, 1.54) is 17.0 Å². The molecule has 0 aliphatic heterocycles. The Morgan fingerprint density at radius 3 is 2.24 bits per heavy atom. The van der Waals surface area contributed by atoms with E-state index in [4.69, 9.17) is 9.40 Å². The largest absolute Gasteiger partial charge is 0.512 e. The molecule has 1 radical (unpaired) electrons. The van der Waals surface area contributed by atoms with Gasteiger partial charge in [0.2, 0.25) is 0 Å². The maximum Gasteiger partial charge on any atom is 0.162 e. The number of hydrogen-bond donors (Lipinski definition) is 1. The molecular weight excluding hydrogens is 785 g/mol. The van der Waals surface area contributed by atoms with Gasteiger partial charge in [0.1, 0.15) is 5.58 Å². The molecule has 3 aromatic heterocycles. The minimum atomic E-state index is 0. The molecule has 0 aliphatic carbocycles. The van der Waals surface area contributed by atoms with E-state index >= 15 is 0 Å². The number of carbonyl (C=O) groups excluding carboxylic acids is 1. The minimum absolute atomic E-state index is 0. The third-order valence-electron chi connectivity index (χ3n) is 9.20. The number of benzene rings is 2. The molecule has 0 bridgehead atoms. The number of furan rings is 1. The first-order valence-corrected chi connectivity index (χ1v) is 17.6. The van der Waals surface area contributed by atoms with E-state index in [1.54, 1.807) is 0 Å². The summed E-state index contributed by atoms with van der Waals surface area (Å²) in [7, 11) is 0. The molecular formula is C43H53IrN2O3-. The van der Waals surface area contributed by atoms with Gasteiger partial charge in [-0.15, -0.1) is 29.1 Å². The van der Waals surface area contributed by atoms with Crippen LogP contribution in [-0.4, -0.2) is 20.9 Å². The van der Waals surface area contributed by atoms with Gasteiger partial charge in [0.05, 0.1) is 12.0 Å². The summed E-state index contributed by atoms with van der Waals surface area (Å²) in [5, 5.41) is 13.2. The number of hydrogen-bond acceptors (Lipinski definition) is 5. The van der Waals surface area contributed by atoms with Crippen LogP contribution in [0.15, 0.2) is 83.6 Å². The SMILES string of the molecule is CC(C)Cc1cncc2c(-c3ccnc(-c4[c-]c5ccccc5c(C(C)(C)C)c4)c3)coc12.CCC(CC)C(=O)/C=C(\O)C(CC)CC.[Ir]. The number of allylic oxidation sites excluding steroid dienone is 2. The van der Waals surface area contributed by atoms with Crippen LogP contribution in [0.25, 0.3) is 44.1 Å². The predicted molar refractivity (Wildman–Crippen MR) is 200 cm³/mol. The number of ketones is 1. The smallest absolute Gasteiger partial charge is 0.162 e. The Bertz CT molecular complexity index is 1860. The maximum atomic E-state index is 11.7. The average Bonchev–Trinajstić information content (AvgIpc) is 3.50. The first-order valence-electron chi connectivity index (χ1n) is 17.6. The fourth-order valence-corrected chi connectivity index (χ4v) is 6.33. The summed E-state index contributed by atoms with van der Waals surface area (Å²) in [4.78, 5) is 20.9. The van der Waals surface area contributed by atoms with Gasteiger partial charge in [0.15, 0.2) is 5.78 Å². The summed E-state index contributed by atoms with van der Waals surface area (Å²) in [5.74, 6) is 1.09. The Balaban J connectivity index is 0.000000347. The molecule has 0 unspecified atom stereocenters. The molecule has 5 rings (SSSR count). The van der Waals surface area contributed by atoms with Gasteiger partial charge >= 0.3 is 0 Å². The van der Waals surface area contributed by atoms with Crippen LogP contribution < -0.4 is 0 Å². The van der Waals surface area contributed by atoms with Crippen molar-refractivity contribution in [3.8, 4) is 22.4 Å². The average molecular weight is 838 g/mol. The number of fused-ring (bicyclic) bond motifs is 2. The Labute approximate surface area is 307 Å². The summed E-state index contributed by atoms with van der Waals surface area (Å²) < 4.78 is 6.03. The minimum Gasteiger partial charge on any atom is -0.512 e. The van der Waals surface area contributed by atoms with Crippen molar-refractivity contribution < 1.29 is 34.4 Å². The van der Waals surface area contributed by atoms with Crippen LogP contribution in [0, 0.1) is 23.8 Å². The van der Waals surface area contributed by atoms with Crippen LogP contribution in [0.4, 0.5) is 0 Å². The molecule has 0 fully saturated rings. The van der Waals surface area contributed by atoms with Gasteiger partial charge in [-0.05, 0) is 55.1 Å². The van der Waals surface area contributed by atoms with E-state index in [9.17, 15) is 9.90 Å². The fourth-order valence-electron chi connectivity index (χ4n) is 6.33. The molecule has 49 heavy (non-hydrogen) atoms. The van der Waals surface area contributed by atoms with Crippen molar-refractivity contribution in [3.63, 3.8) is 0 Å². The number of pyridine rings is 2. The van der Waals surface area contributed by atoms with Gasteiger partial charge in [-0.1, -0.05) is 97.5 Å². The molecule has 0 saturated heterocycles. The zero-order chi connectivity index (χ0) is 35.0. The van der Waals surface area contributed by atoms with Gasteiger partial charge in [-0.25, -0.2) is 0 Å². The van der Waals surface area contributed by atoms with Gasteiger partial charge in [0.25, 0.3) is 0 Å². The van der Waals surface area contributed by atoms with E-state index < -0.39 is 0 Å².